The lowest BCUT2D eigenvalue weighted by Crippen LogP contribution is -2.20. The van der Waals surface area contributed by atoms with Crippen LogP contribution in [0.2, 0.25) is 0 Å². The van der Waals surface area contributed by atoms with Crippen LogP contribution in [0.3, 0.4) is 0 Å². The normalized spacial score (nSPS) is 10.8. The summed E-state index contributed by atoms with van der Waals surface area (Å²) in [5.41, 5.74) is 0.605. The summed E-state index contributed by atoms with van der Waals surface area (Å²) in [5.74, 6) is -1.05. The van der Waals surface area contributed by atoms with Crippen LogP contribution in [-0.4, -0.2) is 23.3 Å². The molecule has 0 aliphatic rings. The van der Waals surface area contributed by atoms with Crippen LogP contribution in [0.15, 0.2) is 96.6 Å². The number of fused-ring (bicyclic) bond motifs is 1. The molecule has 0 aliphatic carbocycles. The summed E-state index contributed by atoms with van der Waals surface area (Å²) in [6, 6.07) is 27.2. The van der Waals surface area contributed by atoms with E-state index in [-0.39, 0.29) is 22.6 Å². The molecule has 0 saturated heterocycles. The van der Waals surface area contributed by atoms with E-state index in [1.807, 2.05) is 42.5 Å². The number of ether oxygens (including phenoxy) is 1. The van der Waals surface area contributed by atoms with Gasteiger partial charge >= 0.3 is 0 Å². The van der Waals surface area contributed by atoms with E-state index in [1.165, 1.54) is 24.3 Å². The molecular weight excluding hydrogens is 472 g/mol. The van der Waals surface area contributed by atoms with E-state index in [1.54, 1.807) is 36.4 Å². The second-order valence-corrected chi connectivity index (χ2v) is 7.87. The van der Waals surface area contributed by atoms with Crippen molar-refractivity contribution in [1.29, 1.82) is 5.26 Å². The Morgan fingerprint density at radius 1 is 0.892 bits per heavy atom. The minimum atomic E-state index is -0.697. The van der Waals surface area contributed by atoms with Gasteiger partial charge in [0, 0.05) is 29.1 Å². The zero-order valence-corrected chi connectivity index (χ0v) is 19.4. The van der Waals surface area contributed by atoms with Crippen molar-refractivity contribution in [3.05, 3.63) is 112 Å². The van der Waals surface area contributed by atoms with Crippen molar-refractivity contribution in [1.82, 2.24) is 0 Å². The fourth-order valence-electron chi connectivity index (χ4n) is 3.53. The SMILES string of the molecule is N#C/C(=C\c1cc([N+](=O)[O-])ccc1OCC(=O)Nc1ccccc1)C(=O)Nc1ccc2ccccc2c1. The van der Waals surface area contributed by atoms with Crippen LogP contribution in [0.1, 0.15) is 5.56 Å². The lowest BCUT2D eigenvalue weighted by molar-refractivity contribution is -0.384. The molecule has 0 heterocycles. The molecule has 2 amide bonds. The van der Waals surface area contributed by atoms with Gasteiger partial charge in [0.25, 0.3) is 17.5 Å². The molecule has 4 rings (SSSR count). The number of anilines is 2. The Balaban J connectivity index is 1.55. The molecule has 0 aliphatic heterocycles. The molecule has 37 heavy (non-hydrogen) atoms. The smallest absolute Gasteiger partial charge is 0.270 e. The number of carbonyl (C=O) groups is 2. The molecule has 4 aromatic carbocycles. The highest BCUT2D eigenvalue weighted by atomic mass is 16.6. The van der Waals surface area contributed by atoms with Crippen LogP contribution in [0, 0.1) is 21.4 Å². The van der Waals surface area contributed by atoms with Gasteiger partial charge in [-0.05, 0) is 47.2 Å². The summed E-state index contributed by atoms with van der Waals surface area (Å²) in [6.07, 6.45) is 1.19. The molecule has 0 spiro atoms. The molecule has 4 aromatic rings. The minimum absolute atomic E-state index is 0.0973. The summed E-state index contributed by atoms with van der Waals surface area (Å²) >= 11 is 0. The van der Waals surface area contributed by atoms with Gasteiger partial charge in [-0.3, -0.25) is 19.7 Å². The van der Waals surface area contributed by atoms with Gasteiger partial charge in [-0.25, -0.2) is 0 Å². The fraction of sp³-hybridized carbons (Fsp3) is 0.0357. The van der Waals surface area contributed by atoms with Crippen LogP contribution < -0.4 is 15.4 Å². The number of non-ortho nitro benzene ring substituents is 1. The largest absolute Gasteiger partial charge is 0.483 e. The van der Waals surface area contributed by atoms with Gasteiger partial charge in [0.05, 0.1) is 4.92 Å². The van der Waals surface area contributed by atoms with Crippen molar-refractivity contribution in [3.8, 4) is 11.8 Å². The van der Waals surface area contributed by atoms with E-state index >= 15 is 0 Å². The number of rotatable bonds is 8. The predicted molar refractivity (Wildman–Crippen MR) is 140 cm³/mol. The number of nitro benzene ring substituents is 1. The lowest BCUT2D eigenvalue weighted by Gasteiger charge is -2.11. The van der Waals surface area contributed by atoms with Gasteiger partial charge in [-0.1, -0.05) is 48.5 Å². The molecule has 182 valence electrons. The molecule has 0 fully saturated rings. The molecular formula is C28H20N4O5. The van der Waals surface area contributed by atoms with Crippen molar-refractivity contribution in [3.63, 3.8) is 0 Å². The molecule has 9 heteroatoms. The Morgan fingerprint density at radius 3 is 2.35 bits per heavy atom. The number of nitrogens with zero attached hydrogens (tertiary/aromatic N) is 2. The fourth-order valence-corrected chi connectivity index (χ4v) is 3.53. The third-order valence-electron chi connectivity index (χ3n) is 5.29. The third kappa shape index (κ3) is 6.35. The highest BCUT2D eigenvalue weighted by Crippen LogP contribution is 2.27. The Bertz CT molecular complexity index is 1560. The summed E-state index contributed by atoms with van der Waals surface area (Å²) < 4.78 is 5.58. The van der Waals surface area contributed by atoms with Crippen LogP contribution in [-0.2, 0) is 9.59 Å². The Morgan fingerprint density at radius 2 is 1.62 bits per heavy atom. The third-order valence-corrected chi connectivity index (χ3v) is 5.29. The average molecular weight is 492 g/mol. The first-order valence-electron chi connectivity index (χ1n) is 11.1. The Labute approximate surface area is 211 Å². The van der Waals surface area contributed by atoms with Crippen molar-refractivity contribution >= 4 is 45.7 Å². The molecule has 0 unspecified atom stereocenters. The predicted octanol–water partition coefficient (Wildman–Crippen LogP) is 5.31. The standard InChI is InChI=1S/C28H20N4O5/c29-17-22(28(34)31-24-11-10-19-6-4-5-7-20(19)15-24)14-21-16-25(32(35)36)12-13-26(21)37-18-27(33)30-23-8-2-1-3-9-23/h1-16H,18H2,(H,30,33)(H,31,34)/b22-14+. The number of carbonyl (C=O) groups excluding carboxylic acids is 2. The average Bonchev–Trinajstić information content (AvgIpc) is 2.91. The summed E-state index contributed by atoms with van der Waals surface area (Å²) in [6.45, 7) is -0.390. The molecule has 9 nitrogen and oxygen atoms in total. The zero-order valence-electron chi connectivity index (χ0n) is 19.4. The lowest BCUT2D eigenvalue weighted by atomic mass is 10.1. The maximum Gasteiger partial charge on any atom is 0.270 e. The number of benzene rings is 4. The van der Waals surface area contributed by atoms with Gasteiger partial charge in [-0.15, -0.1) is 0 Å². The van der Waals surface area contributed by atoms with Crippen molar-refractivity contribution < 1.29 is 19.2 Å². The number of nitro groups is 1. The summed E-state index contributed by atoms with van der Waals surface area (Å²) in [4.78, 5) is 35.8. The number of para-hydroxylation sites is 1. The van der Waals surface area contributed by atoms with E-state index < -0.39 is 23.3 Å². The van der Waals surface area contributed by atoms with Crippen LogP contribution in [0.5, 0.6) is 5.75 Å². The maximum atomic E-state index is 12.8. The van der Waals surface area contributed by atoms with Gasteiger partial charge < -0.3 is 15.4 Å². The van der Waals surface area contributed by atoms with Crippen molar-refractivity contribution in [2.45, 2.75) is 0 Å². The van der Waals surface area contributed by atoms with E-state index in [0.29, 0.717) is 11.4 Å². The number of hydrogen-bond donors (Lipinski definition) is 2. The highest BCUT2D eigenvalue weighted by molar-refractivity contribution is 6.10. The first-order chi connectivity index (χ1) is 17.9. The van der Waals surface area contributed by atoms with Gasteiger partial charge in [0.1, 0.15) is 17.4 Å². The van der Waals surface area contributed by atoms with Crippen molar-refractivity contribution in [2.24, 2.45) is 0 Å². The van der Waals surface area contributed by atoms with Crippen LogP contribution in [0.25, 0.3) is 16.8 Å². The molecule has 0 bridgehead atoms. The molecule has 0 aromatic heterocycles. The minimum Gasteiger partial charge on any atom is -0.483 e. The Kier molecular flexibility index (Phi) is 7.52. The topological polar surface area (TPSA) is 134 Å². The van der Waals surface area contributed by atoms with Crippen LogP contribution in [0.4, 0.5) is 17.1 Å². The first-order valence-corrected chi connectivity index (χ1v) is 11.1. The van der Waals surface area contributed by atoms with Gasteiger partial charge in [0.15, 0.2) is 6.61 Å². The molecule has 0 atom stereocenters. The molecule has 0 saturated carbocycles. The second-order valence-electron chi connectivity index (χ2n) is 7.87. The number of nitrogens with one attached hydrogen (secondary N) is 2. The maximum absolute atomic E-state index is 12.8. The number of nitriles is 1. The monoisotopic (exact) mass is 492 g/mol. The summed E-state index contributed by atoms with van der Waals surface area (Å²) in [5, 5.41) is 28.2. The van der Waals surface area contributed by atoms with E-state index in [0.717, 1.165) is 10.8 Å². The van der Waals surface area contributed by atoms with Crippen LogP contribution >= 0.6 is 0 Å². The van der Waals surface area contributed by atoms with E-state index in [2.05, 4.69) is 10.6 Å². The Hall–Kier alpha value is -5.49. The highest BCUT2D eigenvalue weighted by Gasteiger charge is 2.16. The van der Waals surface area contributed by atoms with E-state index in [9.17, 15) is 25.0 Å². The van der Waals surface area contributed by atoms with Crippen molar-refractivity contribution in [2.75, 3.05) is 17.2 Å². The number of hydrogen-bond acceptors (Lipinski definition) is 6. The van der Waals surface area contributed by atoms with E-state index in [4.69, 9.17) is 4.74 Å². The second kappa shape index (κ2) is 11.3. The van der Waals surface area contributed by atoms with Gasteiger partial charge in [0.2, 0.25) is 0 Å². The molecule has 0 radical (unpaired) electrons. The zero-order chi connectivity index (χ0) is 26.2. The number of amides is 2. The summed E-state index contributed by atoms with van der Waals surface area (Å²) in [7, 11) is 0. The quantitative estimate of drug-likeness (QED) is 0.148. The first kappa shape index (κ1) is 24.6. The molecule has 2 N–H and O–H groups in total. The van der Waals surface area contributed by atoms with Gasteiger partial charge in [-0.2, -0.15) is 5.26 Å².